The van der Waals surface area contributed by atoms with Crippen LogP contribution in [0, 0.1) is 22.7 Å². The molecule has 0 unspecified atom stereocenters. The summed E-state index contributed by atoms with van der Waals surface area (Å²) in [4.78, 5) is 38.5. The zero-order valence-corrected chi connectivity index (χ0v) is 23.7. The van der Waals surface area contributed by atoms with Gasteiger partial charge in [0.25, 0.3) is 0 Å². The molecule has 2 aromatic heterocycles. The number of imidazole rings is 1. The van der Waals surface area contributed by atoms with Gasteiger partial charge in [-0.1, -0.05) is 11.6 Å². The Morgan fingerprint density at radius 3 is 2.55 bits per heavy atom. The minimum Gasteiger partial charge on any atom is -0.368 e. The highest BCUT2D eigenvalue weighted by molar-refractivity contribution is 6.36. The molecule has 0 bridgehead atoms. The molecule has 42 heavy (non-hydrogen) atoms. The smallest absolute Gasteiger partial charge is 0.247 e. The summed E-state index contributed by atoms with van der Waals surface area (Å²) in [5, 5.41) is 33.3. The molecule has 3 N–H and O–H groups in total. The fourth-order valence-electron chi connectivity index (χ4n) is 5.17. The number of halogens is 1. The lowest BCUT2D eigenvalue weighted by molar-refractivity contribution is -0.139. The molecule has 0 atom stereocenters. The second-order valence-corrected chi connectivity index (χ2v) is 11.1. The first-order valence-electron chi connectivity index (χ1n) is 13.8. The van der Waals surface area contributed by atoms with E-state index in [9.17, 15) is 20.1 Å². The van der Waals surface area contributed by atoms with Crippen LogP contribution in [0.1, 0.15) is 31.0 Å². The van der Waals surface area contributed by atoms with Crippen LogP contribution in [0.15, 0.2) is 18.3 Å². The zero-order valence-electron chi connectivity index (χ0n) is 23.0. The van der Waals surface area contributed by atoms with E-state index in [0.717, 1.165) is 31.6 Å². The van der Waals surface area contributed by atoms with Crippen LogP contribution < -0.4 is 20.9 Å². The van der Waals surface area contributed by atoms with Crippen molar-refractivity contribution in [3.63, 3.8) is 0 Å². The lowest BCUT2D eigenvalue weighted by Gasteiger charge is -2.48. The van der Waals surface area contributed by atoms with Crippen molar-refractivity contribution in [3.8, 4) is 12.1 Å². The molecule has 6 rings (SSSR count). The van der Waals surface area contributed by atoms with Crippen molar-refractivity contribution in [3.05, 3.63) is 34.6 Å². The van der Waals surface area contributed by atoms with Crippen LogP contribution in [0.4, 0.5) is 23.1 Å². The number of nitriles is 2. The zero-order chi connectivity index (χ0) is 29.4. The number of fused-ring (bicyclic) bond motifs is 1. The van der Waals surface area contributed by atoms with Gasteiger partial charge in [0, 0.05) is 58.3 Å². The average molecular weight is 589 g/mol. The van der Waals surface area contributed by atoms with Gasteiger partial charge in [-0.25, -0.2) is 4.98 Å². The standard InChI is InChI=1S/C27H29ClN12O2/c1-16(41)31-13-23(42)39-14-20(15-39)37-4-6-38(7-5-37)22-9-17(10-29)8-21(24(22)28)34-27-35-25(33-18-2-3-18)26-32-12-19(11-30)40(26)36-27/h8-9,12,18,20H,2-7,13-15H2,1H3,(H,31,41)(H2,33,34,35,36). The number of nitrogens with zero attached hydrogens (tertiary/aromatic N) is 9. The van der Waals surface area contributed by atoms with Gasteiger partial charge in [-0.3, -0.25) is 14.5 Å². The molecule has 2 aliphatic heterocycles. The number of carbonyl (C=O) groups is 2. The first-order chi connectivity index (χ1) is 20.3. The topological polar surface area (TPSA) is 171 Å². The highest BCUT2D eigenvalue weighted by Gasteiger charge is 2.36. The van der Waals surface area contributed by atoms with Crippen molar-refractivity contribution >= 4 is 52.2 Å². The number of aromatic nitrogens is 4. The Bertz CT molecular complexity index is 1620. The van der Waals surface area contributed by atoms with Crippen molar-refractivity contribution in [1.29, 1.82) is 10.5 Å². The Balaban J connectivity index is 1.16. The SMILES string of the molecule is CC(=O)NCC(=O)N1CC(N2CCN(c3cc(C#N)cc(Nc4nc(NC5CC5)c5ncc(C#N)n5n4)c3Cl)CC2)C1. The van der Waals surface area contributed by atoms with Crippen LogP contribution in [-0.4, -0.2) is 99.1 Å². The second kappa shape index (κ2) is 11.3. The van der Waals surface area contributed by atoms with Gasteiger partial charge >= 0.3 is 0 Å². The van der Waals surface area contributed by atoms with E-state index >= 15 is 0 Å². The van der Waals surface area contributed by atoms with Crippen LogP contribution in [0.2, 0.25) is 5.02 Å². The third-order valence-electron chi connectivity index (χ3n) is 7.70. The Morgan fingerprint density at radius 1 is 1.12 bits per heavy atom. The molecule has 1 saturated carbocycles. The van der Waals surface area contributed by atoms with Crippen molar-refractivity contribution in [1.82, 2.24) is 34.7 Å². The first-order valence-corrected chi connectivity index (χ1v) is 14.1. The Hall–Kier alpha value is -4.66. The number of piperazine rings is 1. The number of carbonyl (C=O) groups excluding carboxylic acids is 2. The first kappa shape index (κ1) is 27.5. The Labute approximate surface area is 246 Å². The predicted octanol–water partition coefficient (Wildman–Crippen LogP) is 1.31. The number of nitrogens with one attached hydrogen (secondary N) is 3. The molecule has 0 radical (unpaired) electrons. The molecule has 14 nitrogen and oxygen atoms in total. The van der Waals surface area contributed by atoms with E-state index < -0.39 is 0 Å². The van der Waals surface area contributed by atoms with E-state index in [0.29, 0.717) is 60.0 Å². The number of hydrogen-bond donors (Lipinski definition) is 3. The number of rotatable bonds is 8. The maximum atomic E-state index is 12.2. The van der Waals surface area contributed by atoms with E-state index in [1.165, 1.54) is 17.6 Å². The van der Waals surface area contributed by atoms with Crippen LogP contribution in [0.25, 0.3) is 5.65 Å². The summed E-state index contributed by atoms with van der Waals surface area (Å²) in [6.07, 6.45) is 3.53. The third-order valence-corrected chi connectivity index (χ3v) is 8.10. The van der Waals surface area contributed by atoms with Gasteiger partial charge < -0.3 is 25.8 Å². The van der Waals surface area contributed by atoms with E-state index in [-0.39, 0.29) is 36.0 Å². The summed E-state index contributed by atoms with van der Waals surface area (Å²) in [5.41, 5.74) is 2.39. The molecule has 15 heteroatoms. The van der Waals surface area contributed by atoms with Gasteiger partial charge in [0.2, 0.25) is 17.8 Å². The van der Waals surface area contributed by atoms with Crippen LogP contribution >= 0.6 is 11.6 Å². The number of anilines is 4. The molecule has 216 valence electrons. The summed E-state index contributed by atoms with van der Waals surface area (Å²) in [7, 11) is 0. The lowest BCUT2D eigenvalue weighted by Crippen LogP contribution is -2.65. The van der Waals surface area contributed by atoms with Crippen molar-refractivity contribution in [2.75, 3.05) is 61.3 Å². The van der Waals surface area contributed by atoms with Gasteiger partial charge in [0.15, 0.2) is 17.2 Å². The molecular formula is C27H29ClN12O2. The molecule has 4 heterocycles. The molecule has 1 aromatic carbocycles. The fraction of sp³-hybridized carbons (Fsp3) is 0.444. The number of benzene rings is 1. The highest BCUT2D eigenvalue weighted by atomic mass is 35.5. The fourth-order valence-corrected chi connectivity index (χ4v) is 5.45. The lowest BCUT2D eigenvalue weighted by atomic mass is 10.1. The monoisotopic (exact) mass is 588 g/mol. The molecule has 0 spiro atoms. The van der Waals surface area contributed by atoms with Gasteiger partial charge in [-0.2, -0.15) is 20.0 Å². The van der Waals surface area contributed by atoms with E-state index in [1.54, 1.807) is 17.0 Å². The number of hydrogen-bond acceptors (Lipinski definition) is 11. The van der Waals surface area contributed by atoms with E-state index in [4.69, 9.17) is 11.6 Å². The summed E-state index contributed by atoms with van der Waals surface area (Å²) >= 11 is 6.91. The predicted molar refractivity (Wildman–Crippen MR) is 154 cm³/mol. The minimum absolute atomic E-state index is 0.0268. The van der Waals surface area contributed by atoms with Gasteiger partial charge in [-0.05, 0) is 25.0 Å². The summed E-state index contributed by atoms with van der Waals surface area (Å²) in [6, 6.07) is 8.33. The van der Waals surface area contributed by atoms with Crippen molar-refractivity contribution < 1.29 is 9.59 Å². The summed E-state index contributed by atoms with van der Waals surface area (Å²) in [5.74, 6) is 0.447. The molecule has 3 fully saturated rings. The quantitative estimate of drug-likeness (QED) is 0.346. The average Bonchev–Trinajstić information content (AvgIpc) is 3.68. The molecule has 3 aliphatic rings. The van der Waals surface area contributed by atoms with Crippen molar-refractivity contribution in [2.24, 2.45) is 0 Å². The summed E-state index contributed by atoms with van der Waals surface area (Å²) < 4.78 is 1.44. The maximum absolute atomic E-state index is 12.2. The molecule has 3 aromatic rings. The van der Waals surface area contributed by atoms with Crippen LogP contribution in [0.3, 0.4) is 0 Å². The van der Waals surface area contributed by atoms with E-state index in [2.05, 4.69) is 53.0 Å². The molecule has 2 amide bonds. The van der Waals surface area contributed by atoms with Gasteiger partial charge in [0.05, 0.1) is 40.8 Å². The number of amides is 2. The van der Waals surface area contributed by atoms with Gasteiger partial charge in [-0.15, -0.1) is 5.10 Å². The van der Waals surface area contributed by atoms with E-state index in [1.807, 2.05) is 0 Å². The molecule has 1 aliphatic carbocycles. The Kier molecular flexibility index (Phi) is 7.41. The largest absolute Gasteiger partial charge is 0.368 e. The van der Waals surface area contributed by atoms with Gasteiger partial charge in [0.1, 0.15) is 6.07 Å². The second-order valence-electron chi connectivity index (χ2n) is 10.7. The Morgan fingerprint density at radius 2 is 1.88 bits per heavy atom. The molecular weight excluding hydrogens is 560 g/mol. The number of likely N-dealkylation sites (tertiary alicyclic amines) is 1. The van der Waals surface area contributed by atoms with Crippen LogP contribution in [-0.2, 0) is 9.59 Å². The maximum Gasteiger partial charge on any atom is 0.247 e. The third kappa shape index (κ3) is 5.59. The summed E-state index contributed by atoms with van der Waals surface area (Å²) in [6.45, 7) is 5.66. The highest BCUT2D eigenvalue weighted by Crippen LogP contribution is 2.37. The minimum atomic E-state index is -0.218. The molecule has 2 saturated heterocycles. The normalized spacial score (nSPS) is 17.3. The van der Waals surface area contributed by atoms with Crippen molar-refractivity contribution in [2.45, 2.75) is 31.8 Å². The van der Waals surface area contributed by atoms with Crippen LogP contribution in [0.5, 0.6) is 0 Å².